The van der Waals surface area contributed by atoms with E-state index < -0.39 is 0 Å². The predicted molar refractivity (Wildman–Crippen MR) is 48.0 cm³/mol. The van der Waals surface area contributed by atoms with Gasteiger partial charge in [-0.2, -0.15) is 0 Å². The lowest BCUT2D eigenvalue weighted by Crippen LogP contribution is -2.47. The lowest BCUT2D eigenvalue weighted by atomic mass is 9.95. The van der Waals surface area contributed by atoms with Crippen LogP contribution in [0.1, 0.15) is 20.8 Å². The van der Waals surface area contributed by atoms with Crippen molar-refractivity contribution in [3.63, 3.8) is 0 Å². The lowest BCUT2D eigenvalue weighted by Gasteiger charge is -2.36. The Morgan fingerprint density at radius 1 is 1.17 bits per heavy atom. The Labute approximate surface area is 74.4 Å². The van der Waals surface area contributed by atoms with Crippen molar-refractivity contribution in [1.29, 1.82) is 0 Å². The van der Waals surface area contributed by atoms with Gasteiger partial charge < -0.3 is 14.8 Å². The summed E-state index contributed by atoms with van der Waals surface area (Å²) in [5, 5.41) is 3.13. The van der Waals surface area contributed by atoms with Crippen molar-refractivity contribution >= 4 is 0 Å². The molecule has 0 aliphatic carbocycles. The molecule has 0 bridgehead atoms. The van der Waals surface area contributed by atoms with Gasteiger partial charge in [-0.05, 0) is 7.05 Å². The molecule has 0 aromatic heterocycles. The van der Waals surface area contributed by atoms with Crippen LogP contribution in [-0.4, -0.2) is 32.6 Å². The second-order valence-electron chi connectivity index (χ2n) is 4.35. The van der Waals surface area contributed by atoms with Gasteiger partial charge >= 0.3 is 0 Å². The lowest BCUT2D eigenvalue weighted by molar-refractivity contribution is -0.232. The van der Waals surface area contributed by atoms with Gasteiger partial charge in [0.05, 0.1) is 19.3 Å². The molecule has 12 heavy (non-hydrogen) atoms. The Kier molecular flexibility index (Phi) is 3.09. The van der Waals surface area contributed by atoms with Crippen molar-refractivity contribution in [3.05, 3.63) is 0 Å². The van der Waals surface area contributed by atoms with Crippen LogP contribution in [0.3, 0.4) is 0 Å². The molecule has 1 aliphatic rings. The fraction of sp³-hybridized carbons (Fsp3) is 1.00. The third-order valence-corrected chi connectivity index (χ3v) is 2.01. The summed E-state index contributed by atoms with van der Waals surface area (Å²) in [4.78, 5) is 0. The smallest absolute Gasteiger partial charge is 0.162 e. The molecule has 0 radical (unpaired) electrons. The molecule has 0 aromatic carbocycles. The first kappa shape index (κ1) is 9.96. The van der Waals surface area contributed by atoms with E-state index in [1.54, 1.807) is 0 Å². The third-order valence-electron chi connectivity index (χ3n) is 2.01. The third kappa shape index (κ3) is 2.44. The number of ether oxygens (including phenoxy) is 2. The highest BCUT2D eigenvalue weighted by atomic mass is 16.7. The maximum Gasteiger partial charge on any atom is 0.162 e. The topological polar surface area (TPSA) is 30.5 Å². The van der Waals surface area contributed by atoms with Crippen LogP contribution in [-0.2, 0) is 9.47 Å². The maximum absolute atomic E-state index is 5.56. The van der Waals surface area contributed by atoms with Gasteiger partial charge in [0.25, 0.3) is 0 Å². The quantitative estimate of drug-likeness (QED) is 0.641. The molecule has 1 fully saturated rings. The summed E-state index contributed by atoms with van der Waals surface area (Å²) >= 11 is 0. The van der Waals surface area contributed by atoms with Crippen molar-refractivity contribution in [2.75, 3.05) is 20.3 Å². The largest absolute Gasteiger partial charge is 0.350 e. The summed E-state index contributed by atoms with van der Waals surface area (Å²) in [6, 6.07) is 0.351. The molecule has 1 heterocycles. The Hall–Kier alpha value is -0.120. The summed E-state index contributed by atoms with van der Waals surface area (Å²) in [7, 11) is 1.93. The van der Waals surface area contributed by atoms with Gasteiger partial charge in [0.2, 0.25) is 0 Å². The van der Waals surface area contributed by atoms with E-state index in [1.165, 1.54) is 0 Å². The Balaban J connectivity index is 2.36. The molecule has 0 atom stereocenters. The van der Waals surface area contributed by atoms with Crippen molar-refractivity contribution < 1.29 is 9.47 Å². The summed E-state index contributed by atoms with van der Waals surface area (Å²) in [5.74, 6) is 0. The Morgan fingerprint density at radius 2 is 1.67 bits per heavy atom. The fourth-order valence-corrected chi connectivity index (χ4v) is 1.17. The Bertz CT molecular complexity index is 134. The predicted octanol–water partition coefficient (Wildman–Crippen LogP) is 0.993. The number of nitrogens with one attached hydrogen (secondary N) is 1. The monoisotopic (exact) mass is 173 g/mol. The highest BCUT2D eigenvalue weighted by Gasteiger charge is 2.30. The van der Waals surface area contributed by atoms with E-state index >= 15 is 0 Å². The summed E-state index contributed by atoms with van der Waals surface area (Å²) in [5.41, 5.74) is 0.0821. The second-order valence-corrected chi connectivity index (χ2v) is 4.35. The van der Waals surface area contributed by atoms with Gasteiger partial charge in [0.1, 0.15) is 0 Å². The van der Waals surface area contributed by atoms with Crippen molar-refractivity contribution in [2.24, 2.45) is 5.41 Å². The molecule has 1 N–H and O–H groups in total. The van der Waals surface area contributed by atoms with Crippen LogP contribution in [0.5, 0.6) is 0 Å². The zero-order chi connectivity index (χ0) is 9.19. The van der Waals surface area contributed by atoms with Gasteiger partial charge in [0.15, 0.2) is 6.29 Å². The minimum absolute atomic E-state index is 0.0536. The minimum Gasteiger partial charge on any atom is -0.350 e. The highest BCUT2D eigenvalue weighted by Crippen LogP contribution is 2.25. The van der Waals surface area contributed by atoms with Crippen LogP contribution < -0.4 is 5.32 Å². The maximum atomic E-state index is 5.56. The van der Waals surface area contributed by atoms with E-state index in [0.29, 0.717) is 6.04 Å². The number of hydrogen-bond acceptors (Lipinski definition) is 3. The van der Waals surface area contributed by atoms with E-state index in [4.69, 9.17) is 9.47 Å². The zero-order valence-corrected chi connectivity index (χ0v) is 8.39. The van der Waals surface area contributed by atoms with Gasteiger partial charge in [-0.1, -0.05) is 20.8 Å². The summed E-state index contributed by atoms with van der Waals surface area (Å²) in [6.07, 6.45) is -0.0536. The van der Waals surface area contributed by atoms with Gasteiger partial charge in [0, 0.05) is 5.41 Å². The average molecular weight is 173 g/mol. The molecule has 0 unspecified atom stereocenters. The molecule has 0 aromatic rings. The van der Waals surface area contributed by atoms with Crippen LogP contribution in [0.15, 0.2) is 0 Å². The van der Waals surface area contributed by atoms with E-state index in [9.17, 15) is 0 Å². The molecule has 3 nitrogen and oxygen atoms in total. The van der Waals surface area contributed by atoms with Crippen LogP contribution in [0.25, 0.3) is 0 Å². The highest BCUT2D eigenvalue weighted by molar-refractivity contribution is 4.74. The first-order valence-corrected chi connectivity index (χ1v) is 4.44. The summed E-state index contributed by atoms with van der Waals surface area (Å²) in [6.45, 7) is 7.86. The van der Waals surface area contributed by atoms with Gasteiger partial charge in [-0.25, -0.2) is 0 Å². The number of rotatable bonds is 1. The van der Waals surface area contributed by atoms with Crippen LogP contribution >= 0.6 is 0 Å². The van der Waals surface area contributed by atoms with Crippen molar-refractivity contribution in [1.82, 2.24) is 5.32 Å². The fourth-order valence-electron chi connectivity index (χ4n) is 1.17. The SMILES string of the molecule is CNC1COC(C(C)(C)C)OC1. The molecule has 0 saturated carbocycles. The van der Waals surface area contributed by atoms with E-state index in [1.807, 2.05) is 7.05 Å². The minimum atomic E-state index is -0.0536. The van der Waals surface area contributed by atoms with Crippen LogP contribution in [0, 0.1) is 5.41 Å². The second kappa shape index (κ2) is 3.73. The average Bonchev–Trinajstić information content (AvgIpc) is 2.03. The Morgan fingerprint density at radius 3 is 2.00 bits per heavy atom. The number of likely N-dealkylation sites (N-methyl/N-ethyl adjacent to an activating group) is 1. The first-order chi connectivity index (χ1) is 5.54. The zero-order valence-electron chi connectivity index (χ0n) is 8.39. The molecule has 1 saturated heterocycles. The van der Waals surface area contributed by atoms with Gasteiger partial charge in [-0.15, -0.1) is 0 Å². The van der Waals surface area contributed by atoms with Gasteiger partial charge in [-0.3, -0.25) is 0 Å². The van der Waals surface area contributed by atoms with Crippen LogP contribution in [0.2, 0.25) is 0 Å². The van der Waals surface area contributed by atoms with Crippen LogP contribution in [0.4, 0.5) is 0 Å². The van der Waals surface area contributed by atoms with E-state index in [-0.39, 0.29) is 11.7 Å². The molecule has 1 rings (SSSR count). The molecular formula is C9H19NO2. The normalized spacial score (nSPS) is 32.0. The molecular weight excluding hydrogens is 154 g/mol. The standard InChI is InChI=1S/C9H19NO2/c1-9(2,3)8-11-5-7(10-4)6-12-8/h7-8,10H,5-6H2,1-4H3. The number of hydrogen-bond donors (Lipinski definition) is 1. The van der Waals surface area contributed by atoms with Crippen molar-refractivity contribution in [3.8, 4) is 0 Å². The molecule has 0 spiro atoms. The molecule has 1 aliphatic heterocycles. The molecule has 0 amide bonds. The van der Waals surface area contributed by atoms with E-state index in [0.717, 1.165) is 13.2 Å². The summed E-state index contributed by atoms with van der Waals surface area (Å²) < 4.78 is 11.1. The first-order valence-electron chi connectivity index (χ1n) is 4.44. The molecule has 72 valence electrons. The van der Waals surface area contributed by atoms with E-state index in [2.05, 4.69) is 26.1 Å². The molecule has 3 heteroatoms. The van der Waals surface area contributed by atoms with Crippen molar-refractivity contribution in [2.45, 2.75) is 33.1 Å².